The van der Waals surface area contributed by atoms with Crippen molar-refractivity contribution in [3.05, 3.63) is 75.4 Å². The van der Waals surface area contributed by atoms with Gasteiger partial charge in [0.25, 0.3) is 0 Å². The molecule has 0 amide bonds. The van der Waals surface area contributed by atoms with Crippen molar-refractivity contribution in [1.29, 1.82) is 0 Å². The number of hydrogen-bond donors (Lipinski definition) is 1. The molecule has 1 N–H and O–H groups in total. The van der Waals surface area contributed by atoms with Gasteiger partial charge in [-0.1, -0.05) is 60.7 Å². The second-order valence-electron chi connectivity index (χ2n) is 5.11. The molecule has 0 spiro atoms. The molecule has 0 aliphatic heterocycles. The van der Waals surface area contributed by atoms with Crippen molar-refractivity contribution in [2.75, 3.05) is 5.32 Å². The molecule has 3 rings (SSSR count). The quantitative estimate of drug-likeness (QED) is 0.432. The van der Waals surface area contributed by atoms with Gasteiger partial charge in [-0.25, -0.2) is 4.98 Å². The third kappa shape index (κ3) is 3.02. The molecule has 0 fully saturated rings. The molecule has 1 aromatic heterocycles. The predicted molar refractivity (Wildman–Crippen MR) is 95.9 cm³/mol. The minimum atomic E-state index is -0.505. The maximum Gasteiger partial charge on any atom is 0.346 e. The summed E-state index contributed by atoms with van der Waals surface area (Å²) in [4.78, 5) is 15.2. The fourth-order valence-corrected chi connectivity index (χ4v) is 2.66. The first kappa shape index (κ1) is 15.8. The molecular formula is C17H14N4O2S. The van der Waals surface area contributed by atoms with Crippen LogP contribution in [-0.2, 0) is 7.05 Å². The minimum absolute atomic E-state index is 0.0459. The summed E-state index contributed by atoms with van der Waals surface area (Å²) in [5.41, 5.74) is 1.35. The van der Waals surface area contributed by atoms with Gasteiger partial charge in [-0.2, -0.15) is 0 Å². The van der Waals surface area contributed by atoms with E-state index in [0.29, 0.717) is 11.6 Å². The summed E-state index contributed by atoms with van der Waals surface area (Å²) in [5, 5.41) is 14.6. The second-order valence-corrected chi connectivity index (χ2v) is 5.50. The third-order valence-corrected chi connectivity index (χ3v) is 3.82. The molecule has 24 heavy (non-hydrogen) atoms. The Morgan fingerprint density at radius 3 is 2.25 bits per heavy atom. The van der Waals surface area contributed by atoms with E-state index < -0.39 is 4.92 Å². The maximum absolute atomic E-state index is 11.5. The number of nitro groups is 1. The van der Waals surface area contributed by atoms with Crippen LogP contribution in [0.5, 0.6) is 0 Å². The Morgan fingerprint density at radius 1 is 1.08 bits per heavy atom. The highest BCUT2D eigenvalue weighted by Crippen LogP contribution is 2.31. The molecule has 120 valence electrons. The Kier molecular flexibility index (Phi) is 4.35. The zero-order valence-corrected chi connectivity index (χ0v) is 13.7. The summed E-state index contributed by atoms with van der Waals surface area (Å²) in [5.74, 6) is 0.856. The molecule has 1 heterocycles. The molecular weight excluding hydrogens is 324 g/mol. The normalized spacial score (nSPS) is 10.4. The smallest absolute Gasteiger partial charge is 0.336 e. The Bertz CT molecular complexity index is 940. The van der Waals surface area contributed by atoms with Gasteiger partial charge in [-0.3, -0.25) is 10.1 Å². The van der Waals surface area contributed by atoms with Gasteiger partial charge in [0.2, 0.25) is 4.64 Å². The number of rotatable bonds is 4. The molecule has 3 aromatic rings. The molecule has 7 heteroatoms. The third-order valence-electron chi connectivity index (χ3n) is 3.54. The van der Waals surface area contributed by atoms with Crippen LogP contribution in [0.3, 0.4) is 0 Å². The van der Waals surface area contributed by atoms with Gasteiger partial charge in [0.15, 0.2) is 5.82 Å². The lowest BCUT2D eigenvalue weighted by Gasteiger charge is -2.15. The number of hydrogen-bond acceptors (Lipinski definition) is 5. The van der Waals surface area contributed by atoms with Gasteiger partial charge < -0.3 is 9.88 Å². The lowest BCUT2D eigenvalue weighted by molar-refractivity contribution is -0.385. The van der Waals surface area contributed by atoms with Crippen molar-refractivity contribution >= 4 is 29.4 Å². The highest BCUT2D eigenvalue weighted by molar-refractivity contribution is 7.71. The van der Waals surface area contributed by atoms with Crippen LogP contribution >= 0.6 is 12.2 Å². The number of nitrogens with one attached hydrogen (secondary N) is 1. The first-order chi connectivity index (χ1) is 11.6. The molecule has 0 aliphatic carbocycles. The van der Waals surface area contributed by atoms with Crippen LogP contribution in [0, 0.1) is 14.8 Å². The van der Waals surface area contributed by atoms with Crippen molar-refractivity contribution in [2.45, 2.75) is 0 Å². The maximum atomic E-state index is 11.5. The fourth-order valence-electron chi connectivity index (χ4n) is 2.40. The van der Waals surface area contributed by atoms with Gasteiger partial charge in [-0.15, -0.1) is 0 Å². The lowest BCUT2D eigenvalue weighted by Crippen LogP contribution is -2.11. The van der Waals surface area contributed by atoms with Crippen LogP contribution in [0.2, 0.25) is 0 Å². The zero-order chi connectivity index (χ0) is 17.1. The van der Waals surface area contributed by atoms with E-state index in [0.717, 1.165) is 11.3 Å². The topological polar surface area (TPSA) is 73.0 Å². The number of nitrogens with zero attached hydrogens (tertiary/aromatic N) is 3. The van der Waals surface area contributed by atoms with Gasteiger partial charge >= 0.3 is 5.69 Å². The van der Waals surface area contributed by atoms with Gasteiger partial charge in [0.1, 0.15) is 5.82 Å². The minimum Gasteiger partial charge on any atom is -0.336 e. The van der Waals surface area contributed by atoms with E-state index in [9.17, 15) is 10.1 Å². The van der Waals surface area contributed by atoms with Crippen LogP contribution in [0.15, 0.2) is 60.7 Å². The van der Waals surface area contributed by atoms with Crippen molar-refractivity contribution < 1.29 is 4.92 Å². The molecule has 6 nitrogen and oxygen atoms in total. The van der Waals surface area contributed by atoms with Crippen LogP contribution in [0.4, 0.5) is 17.2 Å². The summed E-state index contributed by atoms with van der Waals surface area (Å²) in [6, 6.07) is 18.7. The van der Waals surface area contributed by atoms with Crippen molar-refractivity contribution in [2.24, 2.45) is 7.05 Å². The fraction of sp³-hybridized carbons (Fsp3) is 0.0588. The molecule has 0 bridgehead atoms. The highest BCUT2D eigenvalue weighted by Gasteiger charge is 2.23. The molecule has 0 atom stereocenters. The largest absolute Gasteiger partial charge is 0.346 e. The first-order valence-corrected chi connectivity index (χ1v) is 7.61. The molecule has 0 radical (unpaired) electrons. The zero-order valence-electron chi connectivity index (χ0n) is 12.8. The number of anilines is 2. The van der Waals surface area contributed by atoms with E-state index in [-0.39, 0.29) is 10.3 Å². The van der Waals surface area contributed by atoms with Crippen LogP contribution in [-0.4, -0.2) is 14.5 Å². The van der Waals surface area contributed by atoms with Crippen LogP contribution in [0.25, 0.3) is 11.4 Å². The predicted octanol–water partition coefficient (Wildman–Crippen LogP) is 4.47. The summed E-state index contributed by atoms with van der Waals surface area (Å²) in [6.45, 7) is 0. The van der Waals surface area contributed by atoms with E-state index in [1.54, 1.807) is 11.6 Å². The molecule has 0 unspecified atom stereocenters. The average molecular weight is 338 g/mol. The highest BCUT2D eigenvalue weighted by atomic mass is 32.1. The average Bonchev–Trinajstić information content (AvgIpc) is 2.59. The van der Waals surface area contributed by atoms with E-state index in [1.165, 1.54) is 0 Å². The van der Waals surface area contributed by atoms with E-state index in [4.69, 9.17) is 12.2 Å². The van der Waals surface area contributed by atoms with E-state index in [2.05, 4.69) is 10.3 Å². The first-order valence-electron chi connectivity index (χ1n) is 7.21. The van der Waals surface area contributed by atoms with Gasteiger partial charge in [0.05, 0.1) is 4.92 Å². The standard InChI is InChI=1S/C17H14N4O2S/c1-20-15(12-8-4-2-5-9-12)19-17(24)14(21(22)23)16(20)18-13-10-6-3-7-11-13/h2-11,18H,1H3. The van der Waals surface area contributed by atoms with E-state index in [1.807, 2.05) is 60.7 Å². The summed E-state index contributed by atoms with van der Waals surface area (Å²) in [6.07, 6.45) is 0. The van der Waals surface area contributed by atoms with Crippen molar-refractivity contribution in [1.82, 2.24) is 9.55 Å². The van der Waals surface area contributed by atoms with Crippen molar-refractivity contribution in [3.8, 4) is 11.4 Å². The Hall–Kier alpha value is -3.06. The number of benzene rings is 2. The molecule has 0 saturated carbocycles. The number of para-hydroxylation sites is 1. The SMILES string of the molecule is Cn1c(-c2ccccc2)nc(=S)c([N+](=O)[O-])c1Nc1ccccc1. The number of aromatic nitrogens is 2. The lowest BCUT2D eigenvalue weighted by atomic mass is 10.2. The van der Waals surface area contributed by atoms with Gasteiger partial charge in [-0.05, 0) is 12.1 Å². The Morgan fingerprint density at radius 2 is 1.67 bits per heavy atom. The monoisotopic (exact) mass is 338 g/mol. The Labute approximate surface area is 143 Å². The summed E-state index contributed by atoms with van der Waals surface area (Å²) >= 11 is 5.17. The Balaban J connectivity index is 2.23. The molecule has 2 aromatic carbocycles. The summed E-state index contributed by atoms with van der Waals surface area (Å²) in [7, 11) is 1.72. The molecule has 0 saturated heterocycles. The van der Waals surface area contributed by atoms with Crippen molar-refractivity contribution in [3.63, 3.8) is 0 Å². The van der Waals surface area contributed by atoms with E-state index >= 15 is 0 Å². The summed E-state index contributed by atoms with van der Waals surface area (Å²) < 4.78 is 1.60. The van der Waals surface area contributed by atoms with Crippen LogP contribution in [0.1, 0.15) is 0 Å². The van der Waals surface area contributed by atoms with Crippen LogP contribution < -0.4 is 5.32 Å². The molecule has 0 aliphatic rings. The second kappa shape index (κ2) is 6.59. The van der Waals surface area contributed by atoms with Gasteiger partial charge in [0, 0.05) is 18.3 Å².